The molecule has 0 unspecified atom stereocenters. The van der Waals surface area contributed by atoms with E-state index in [1.54, 1.807) is 36.4 Å². The van der Waals surface area contributed by atoms with Gasteiger partial charge in [-0.2, -0.15) is 0 Å². The van der Waals surface area contributed by atoms with Crippen LogP contribution in [0.2, 0.25) is 0 Å². The van der Waals surface area contributed by atoms with Gasteiger partial charge in [-0.1, -0.05) is 16.9 Å². The van der Waals surface area contributed by atoms with Gasteiger partial charge in [0.05, 0.1) is 0 Å². The third kappa shape index (κ3) is 2.94. The Labute approximate surface area is 102 Å². The van der Waals surface area contributed by atoms with Crippen molar-refractivity contribution in [1.82, 2.24) is 9.97 Å². The molecule has 0 atom stereocenters. The van der Waals surface area contributed by atoms with Gasteiger partial charge in [-0.15, -0.1) is 0 Å². The number of pyridine rings is 2. The number of rotatable bonds is 3. The fraction of sp³-hybridized carbons (Fsp3) is 0. The summed E-state index contributed by atoms with van der Waals surface area (Å²) in [6.07, 6.45) is 5.15. The Balaban J connectivity index is 2.14. The number of nitrogens with two attached hydrogens (primary N) is 1. The Bertz CT molecular complexity index is 513. The topological polar surface area (TPSA) is 84.4 Å². The van der Waals surface area contributed by atoms with Gasteiger partial charge < -0.3 is 10.9 Å². The summed E-state index contributed by atoms with van der Waals surface area (Å²) >= 11 is 1.57. The molecule has 0 aliphatic carbocycles. The molecule has 17 heavy (non-hydrogen) atoms. The first-order valence-electron chi connectivity index (χ1n) is 4.81. The zero-order valence-corrected chi connectivity index (χ0v) is 9.63. The minimum atomic E-state index is 0.00506. The minimum Gasteiger partial charge on any atom is -0.409 e. The van der Waals surface area contributed by atoms with Crippen LogP contribution in [0.15, 0.2) is 57.8 Å². The van der Waals surface area contributed by atoms with Gasteiger partial charge in [0.2, 0.25) is 0 Å². The standard InChI is InChI=1S/C11H10N4OS/c12-11(15-16)10-2-1-9(7-14-10)17-8-3-5-13-6-4-8/h1-7,16H,(H2,12,15). The molecular formula is C11H10N4OS. The Kier molecular flexibility index (Phi) is 3.56. The maximum atomic E-state index is 8.50. The van der Waals surface area contributed by atoms with Crippen LogP contribution in [-0.2, 0) is 0 Å². The number of amidine groups is 1. The highest BCUT2D eigenvalue weighted by Gasteiger charge is 2.02. The SMILES string of the molecule is N/C(=N/O)c1ccc(Sc2ccncc2)cn1. The zero-order valence-electron chi connectivity index (χ0n) is 8.82. The van der Waals surface area contributed by atoms with Gasteiger partial charge in [0, 0.05) is 28.4 Å². The molecule has 2 rings (SSSR count). The van der Waals surface area contributed by atoms with Gasteiger partial charge in [-0.3, -0.25) is 9.97 Å². The smallest absolute Gasteiger partial charge is 0.188 e. The molecule has 6 heteroatoms. The minimum absolute atomic E-state index is 0.00506. The summed E-state index contributed by atoms with van der Waals surface area (Å²) in [5.74, 6) is 0.00506. The second-order valence-electron chi connectivity index (χ2n) is 3.15. The van der Waals surface area contributed by atoms with Crippen LogP contribution in [0.25, 0.3) is 0 Å². The van der Waals surface area contributed by atoms with Gasteiger partial charge in [0.1, 0.15) is 5.69 Å². The first-order valence-corrected chi connectivity index (χ1v) is 5.63. The van der Waals surface area contributed by atoms with E-state index in [1.807, 2.05) is 18.2 Å². The lowest BCUT2D eigenvalue weighted by Gasteiger charge is -2.02. The molecule has 0 saturated heterocycles. The number of oxime groups is 1. The molecule has 2 aromatic rings. The molecule has 2 heterocycles. The molecule has 0 aliphatic heterocycles. The predicted molar refractivity (Wildman–Crippen MR) is 65.1 cm³/mol. The van der Waals surface area contributed by atoms with E-state index in [0.29, 0.717) is 5.69 Å². The molecule has 3 N–H and O–H groups in total. The van der Waals surface area contributed by atoms with Crippen LogP contribution >= 0.6 is 11.8 Å². The van der Waals surface area contributed by atoms with Crippen molar-refractivity contribution in [3.8, 4) is 0 Å². The highest BCUT2D eigenvalue weighted by molar-refractivity contribution is 7.99. The maximum Gasteiger partial charge on any atom is 0.188 e. The summed E-state index contributed by atoms with van der Waals surface area (Å²) in [7, 11) is 0. The summed E-state index contributed by atoms with van der Waals surface area (Å²) in [6.45, 7) is 0. The Morgan fingerprint density at radius 3 is 2.53 bits per heavy atom. The van der Waals surface area contributed by atoms with Gasteiger partial charge in [-0.05, 0) is 24.3 Å². The Hall–Kier alpha value is -2.08. The van der Waals surface area contributed by atoms with Gasteiger partial charge in [-0.25, -0.2) is 0 Å². The van der Waals surface area contributed by atoms with Crippen molar-refractivity contribution in [3.05, 3.63) is 48.5 Å². The summed E-state index contributed by atoms with van der Waals surface area (Å²) in [5, 5.41) is 11.4. The molecular weight excluding hydrogens is 236 g/mol. The van der Waals surface area contributed by atoms with Crippen LogP contribution in [0.3, 0.4) is 0 Å². The summed E-state index contributed by atoms with van der Waals surface area (Å²) in [4.78, 5) is 10.1. The fourth-order valence-corrected chi connectivity index (χ4v) is 1.96. The summed E-state index contributed by atoms with van der Waals surface area (Å²) < 4.78 is 0. The van der Waals surface area contributed by atoms with E-state index >= 15 is 0 Å². The Morgan fingerprint density at radius 2 is 1.94 bits per heavy atom. The van der Waals surface area contributed by atoms with Crippen LogP contribution in [0, 0.1) is 0 Å². The van der Waals surface area contributed by atoms with E-state index in [-0.39, 0.29) is 5.84 Å². The maximum absolute atomic E-state index is 8.50. The molecule has 0 fully saturated rings. The highest BCUT2D eigenvalue weighted by Crippen LogP contribution is 2.25. The molecule has 0 aromatic carbocycles. The molecule has 0 spiro atoms. The van der Waals surface area contributed by atoms with Crippen molar-refractivity contribution in [3.63, 3.8) is 0 Å². The molecule has 2 aromatic heterocycles. The quantitative estimate of drug-likeness (QED) is 0.373. The lowest BCUT2D eigenvalue weighted by atomic mass is 10.3. The second kappa shape index (κ2) is 5.31. The molecule has 0 saturated carbocycles. The van der Waals surface area contributed by atoms with E-state index in [1.165, 1.54) is 0 Å². The van der Waals surface area contributed by atoms with E-state index < -0.39 is 0 Å². The fourth-order valence-electron chi connectivity index (χ4n) is 1.19. The lowest BCUT2D eigenvalue weighted by Crippen LogP contribution is -2.14. The number of aromatic nitrogens is 2. The number of hydrogen-bond donors (Lipinski definition) is 2. The van der Waals surface area contributed by atoms with Crippen LogP contribution in [0.5, 0.6) is 0 Å². The normalized spacial score (nSPS) is 11.4. The monoisotopic (exact) mass is 246 g/mol. The van der Waals surface area contributed by atoms with E-state index in [2.05, 4.69) is 15.1 Å². The number of nitrogens with zero attached hydrogens (tertiary/aromatic N) is 3. The van der Waals surface area contributed by atoms with Crippen LogP contribution in [0.1, 0.15) is 5.69 Å². The zero-order chi connectivity index (χ0) is 12.1. The van der Waals surface area contributed by atoms with Crippen molar-refractivity contribution < 1.29 is 5.21 Å². The first kappa shape index (κ1) is 11.4. The third-order valence-corrected chi connectivity index (χ3v) is 2.98. The largest absolute Gasteiger partial charge is 0.409 e. The van der Waals surface area contributed by atoms with Crippen LogP contribution < -0.4 is 5.73 Å². The van der Waals surface area contributed by atoms with Crippen molar-refractivity contribution in [1.29, 1.82) is 0 Å². The van der Waals surface area contributed by atoms with Crippen LogP contribution in [-0.4, -0.2) is 21.0 Å². The highest BCUT2D eigenvalue weighted by atomic mass is 32.2. The average Bonchev–Trinajstić information content (AvgIpc) is 2.40. The van der Waals surface area contributed by atoms with Crippen molar-refractivity contribution in [2.75, 3.05) is 0 Å². The second-order valence-corrected chi connectivity index (χ2v) is 4.30. The lowest BCUT2D eigenvalue weighted by molar-refractivity contribution is 0.318. The molecule has 0 radical (unpaired) electrons. The number of hydrogen-bond acceptors (Lipinski definition) is 5. The van der Waals surface area contributed by atoms with E-state index in [4.69, 9.17) is 10.9 Å². The molecule has 0 aliphatic rings. The summed E-state index contributed by atoms with van der Waals surface area (Å²) in [6, 6.07) is 7.41. The molecule has 5 nitrogen and oxygen atoms in total. The predicted octanol–water partition coefficient (Wildman–Crippen LogP) is 1.72. The van der Waals surface area contributed by atoms with Crippen LogP contribution in [0.4, 0.5) is 0 Å². The van der Waals surface area contributed by atoms with Crippen molar-refractivity contribution in [2.45, 2.75) is 9.79 Å². The van der Waals surface area contributed by atoms with Gasteiger partial charge in [0.25, 0.3) is 0 Å². The van der Waals surface area contributed by atoms with Crippen molar-refractivity contribution in [2.24, 2.45) is 10.9 Å². The summed E-state index contributed by atoms with van der Waals surface area (Å²) in [5.41, 5.74) is 5.87. The van der Waals surface area contributed by atoms with Gasteiger partial charge in [0.15, 0.2) is 5.84 Å². The van der Waals surface area contributed by atoms with Gasteiger partial charge >= 0.3 is 0 Å². The Morgan fingerprint density at radius 1 is 1.18 bits per heavy atom. The molecule has 0 amide bonds. The van der Waals surface area contributed by atoms with E-state index in [0.717, 1.165) is 9.79 Å². The molecule has 86 valence electrons. The van der Waals surface area contributed by atoms with E-state index in [9.17, 15) is 0 Å². The average molecular weight is 246 g/mol. The third-order valence-electron chi connectivity index (χ3n) is 1.99. The van der Waals surface area contributed by atoms with Crippen molar-refractivity contribution >= 4 is 17.6 Å². The first-order chi connectivity index (χ1) is 8.29. The molecule has 0 bridgehead atoms.